The van der Waals surface area contributed by atoms with Gasteiger partial charge in [0.25, 0.3) is 5.91 Å². The van der Waals surface area contributed by atoms with Gasteiger partial charge in [0.1, 0.15) is 11.6 Å². The summed E-state index contributed by atoms with van der Waals surface area (Å²) >= 11 is 0. The molecule has 3 aromatic carbocycles. The van der Waals surface area contributed by atoms with Crippen LogP contribution in [0, 0.1) is 11.6 Å². The van der Waals surface area contributed by atoms with Crippen molar-refractivity contribution in [1.82, 2.24) is 9.88 Å². The standard InChI is InChI=1S/C34H36F5N5O3/c1-42(2)10-11-43(3)26-5-6-27(31(19-26)44(33(46)34(37,38)39)25-8-12-47-13-9-25)32(45)41-30-20-40-29-7-4-21(17-28(29)30)14-22-15-23(35)18-24(36)16-22/h4-7,15-20,25,40H,8-14H2,1-3H3,(H,41,45). The number of likely N-dealkylation sites (N-methyl/N-ethyl adjacent to an activating group) is 2. The van der Waals surface area contributed by atoms with Gasteiger partial charge in [-0.2, -0.15) is 13.2 Å². The van der Waals surface area contributed by atoms with E-state index in [1.54, 1.807) is 37.5 Å². The summed E-state index contributed by atoms with van der Waals surface area (Å²) in [7, 11) is 5.58. The van der Waals surface area contributed by atoms with E-state index in [0.717, 1.165) is 6.07 Å². The summed E-state index contributed by atoms with van der Waals surface area (Å²) in [5.41, 5.74) is 2.41. The van der Waals surface area contributed by atoms with Crippen LogP contribution in [0.5, 0.6) is 0 Å². The quantitative estimate of drug-likeness (QED) is 0.194. The zero-order valence-electron chi connectivity index (χ0n) is 26.3. The van der Waals surface area contributed by atoms with Crippen molar-refractivity contribution in [2.45, 2.75) is 31.5 Å². The number of anilines is 3. The maximum absolute atomic E-state index is 14.1. The van der Waals surface area contributed by atoms with Gasteiger partial charge in [0.15, 0.2) is 0 Å². The molecule has 0 saturated carbocycles. The zero-order valence-corrected chi connectivity index (χ0v) is 26.3. The van der Waals surface area contributed by atoms with E-state index in [4.69, 9.17) is 4.74 Å². The molecule has 5 rings (SSSR count). The summed E-state index contributed by atoms with van der Waals surface area (Å²) in [4.78, 5) is 34.5. The summed E-state index contributed by atoms with van der Waals surface area (Å²) < 4.78 is 75.1. The third kappa shape index (κ3) is 8.09. The zero-order chi connectivity index (χ0) is 33.9. The minimum absolute atomic E-state index is 0.111. The molecule has 2 heterocycles. The van der Waals surface area contributed by atoms with E-state index >= 15 is 0 Å². The van der Waals surface area contributed by atoms with Crippen molar-refractivity contribution in [3.8, 4) is 0 Å². The van der Waals surface area contributed by atoms with Gasteiger partial charge in [0.2, 0.25) is 0 Å². The number of amides is 2. The lowest BCUT2D eigenvalue weighted by atomic mass is 10.0. The van der Waals surface area contributed by atoms with E-state index in [1.807, 2.05) is 23.9 Å². The SMILES string of the molecule is CN(C)CCN(C)c1ccc(C(=O)Nc2c[nH]c3ccc(Cc4cc(F)cc(F)c4)cc23)c(N(C(=O)C(F)(F)F)C2CCOCC2)c1. The molecule has 0 spiro atoms. The second-order valence-corrected chi connectivity index (χ2v) is 11.9. The van der Waals surface area contributed by atoms with Gasteiger partial charge in [-0.15, -0.1) is 0 Å². The molecule has 0 atom stereocenters. The van der Waals surface area contributed by atoms with Crippen molar-refractivity contribution >= 4 is 39.8 Å². The van der Waals surface area contributed by atoms with E-state index in [1.165, 1.54) is 24.3 Å². The van der Waals surface area contributed by atoms with Gasteiger partial charge in [-0.1, -0.05) is 6.07 Å². The van der Waals surface area contributed by atoms with Crippen molar-refractivity contribution in [2.75, 3.05) is 62.6 Å². The number of aromatic nitrogens is 1. The molecule has 8 nitrogen and oxygen atoms in total. The first-order chi connectivity index (χ1) is 22.3. The number of rotatable bonds is 10. The van der Waals surface area contributed by atoms with Crippen LogP contribution in [0.25, 0.3) is 10.9 Å². The van der Waals surface area contributed by atoms with E-state index in [9.17, 15) is 31.5 Å². The highest BCUT2D eigenvalue weighted by molar-refractivity contribution is 6.14. The topological polar surface area (TPSA) is 80.9 Å². The first-order valence-electron chi connectivity index (χ1n) is 15.1. The molecule has 1 fully saturated rings. The number of hydrogen-bond acceptors (Lipinski definition) is 5. The van der Waals surface area contributed by atoms with Gasteiger partial charge < -0.3 is 29.7 Å². The maximum atomic E-state index is 14.1. The number of halogens is 5. The lowest BCUT2D eigenvalue weighted by molar-refractivity contribution is -0.171. The van der Waals surface area contributed by atoms with Crippen LogP contribution in [-0.4, -0.2) is 81.4 Å². The number of fused-ring (bicyclic) bond motifs is 1. The molecule has 47 heavy (non-hydrogen) atoms. The average Bonchev–Trinajstić information content (AvgIpc) is 3.41. The molecule has 2 N–H and O–H groups in total. The van der Waals surface area contributed by atoms with Crippen LogP contribution in [0.2, 0.25) is 0 Å². The molecule has 250 valence electrons. The molecule has 1 aliphatic rings. The third-order valence-corrected chi connectivity index (χ3v) is 8.15. The number of aromatic amines is 1. The van der Waals surface area contributed by atoms with Crippen LogP contribution in [-0.2, 0) is 16.0 Å². The van der Waals surface area contributed by atoms with Gasteiger partial charge in [0.05, 0.1) is 16.9 Å². The van der Waals surface area contributed by atoms with E-state index < -0.39 is 35.7 Å². The molecule has 0 radical (unpaired) electrons. The minimum atomic E-state index is -5.18. The molecular weight excluding hydrogens is 621 g/mol. The Bertz CT molecular complexity index is 1730. The summed E-state index contributed by atoms with van der Waals surface area (Å²) in [6.45, 7) is 1.56. The second-order valence-electron chi connectivity index (χ2n) is 11.9. The highest BCUT2D eigenvalue weighted by Gasteiger charge is 2.46. The van der Waals surface area contributed by atoms with Crippen molar-refractivity contribution in [3.63, 3.8) is 0 Å². The van der Waals surface area contributed by atoms with Crippen LogP contribution in [0.4, 0.5) is 39.0 Å². The molecule has 13 heteroatoms. The molecule has 0 aliphatic carbocycles. The first-order valence-corrected chi connectivity index (χ1v) is 15.1. The highest BCUT2D eigenvalue weighted by Crippen LogP contribution is 2.35. The lowest BCUT2D eigenvalue weighted by Crippen LogP contribution is -2.50. The number of carbonyl (C=O) groups excluding carboxylic acids is 2. The monoisotopic (exact) mass is 657 g/mol. The minimum Gasteiger partial charge on any atom is -0.381 e. The number of ether oxygens (including phenoxy) is 1. The van der Waals surface area contributed by atoms with Gasteiger partial charge in [0, 0.05) is 68.2 Å². The smallest absolute Gasteiger partial charge is 0.381 e. The molecule has 2 amide bonds. The highest BCUT2D eigenvalue weighted by atomic mass is 19.4. The number of nitrogens with one attached hydrogen (secondary N) is 2. The predicted molar refractivity (Wildman–Crippen MR) is 171 cm³/mol. The molecule has 4 aromatic rings. The molecule has 1 aliphatic heterocycles. The van der Waals surface area contributed by atoms with Gasteiger partial charge >= 0.3 is 12.1 Å². The fraction of sp³-hybridized carbons (Fsp3) is 0.353. The molecular formula is C34H36F5N5O3. The number of nitrogens with zero attached hydrogens (tertiary/aromatic N) is 3. The van der Waals surface area contributed by atoms with Gasteiger partial charge in [-0.05, 0) is 86.9 Å². The number of carbonyl (C=O) groups is 2. The van der Waals surface area contributed by atoms with Gasteiger partial charge in [-0.3, -0.25) is 9.59 Å². The Morgan fingerprint density at radius 3 is 2.28 bits per heavy atom. The number of alkyl halides is 3. The van der Waals surface area contributed by atoms with Crippen LogP contribution in [0.3, 0.4) is 0 Å². The Balaban J connectivity index is 1.52. The van der Waals surface area contributed by atoms with E-state index in [-0.39, 0.29) is 43.7 Å². The molecule has 0 unspecified atom stereocenters. The largest absolute Gasteiger partial charge is 0.471 e. The Kier molecular flexibility index (Phi) is 10.2. The van der Waals surface area contributed by atoms with E-state index in [0.29, 0.717) is 51.4 Å². The van der Waals surface area contributed by atoms with Crippen LogP contribution in [0.15, 0.2) is 60.8 Å². The van der Waals surface area contributed by atoms with Crippen LogP contribution in [0.1, 0.15) is 34.3 Å². The Labute approximate surface area is 269 Å². The number of H-pyrrole nitrogens is 1. The average molecular weight is 658 g/mol. The van der Waals surface area contributed by atoms with Crippen molar-refractivity contribution in [1.29, 1.82) is 0 Å². The van der Waals surface area contributed by atoms with E-state index in [2.05, 4.69) is 10.3 Å². The lowest BCUT2D eigenvalue weighted by Gasteiger charge is -2.36. The maximum Gasteiger partial charge on any atom is 0.471 e. The Morgan fingerprint density at radius 1 is 0.915 bits per heavy atom. The third-order valence-electron chi connectivity index (χ3n) is 8.15. The van der Waals surface area contributed by atoms with Crippen molar-refractivity contribution in [2.24, 2.45) is 0 Å². The molecule has 1 saturated heterocycles. The fourth-order valence-electron chi connectivity index (χ4n) is 5.70. The molecule has 0 bridgehead atoms. The Hall–Kier alpha value is -4.49. The summed E-state index contributed by atoms with van der Waals surface area (Å²) in [6.07, 6.45) is -3.07. The Morgan fingerprint density at radius 2 is 1.62 bits per heavy atom. The predicted octanol–water partition coefficient (Wildman–Crippen LogP) is 6.36. The summed E-state index contributed by atoms with van der Waals surface area (Å²) in [6, 6.07) is 12.3. The van der Waals surface area contributed by atoms with Crippen LogP contribution < -0.4 is 15.1 Å². The summed E-state index contributed by atoms with van der Waals surface area (Å²) in [5.74, 6) is -4.16. The summed E-state index contributed by atoms with van der Waals surface area (Å²) in [5, 5.41) is 3.39. The van der Waals surface area contributed by atoms with Crippen LogP contribution >= 0.6 is 0 Å². The van der Waals surface area contributed by atoms with Crippen molar-refractivity contribution in [3.05, 3.63) is 89.1 Å². The molecule has 1 aromatic heterocycles. The number of hydrogen-bond donors (Lipinski definition) is 2. The first kappa shape index (κ1) is 33.9. The van der Waals surface area contributed by atoms with Crippen molar-refractivity contribution < 1.29 is 36.3 Å². The fourth-order valence-corrected chi connectivity index (χ4v) is 5.70. The normalized spacial score (nSPS) is 14.1. The number of benzene rings is 3. The van der Waals surface area contributed by atoms with Gasteiger partial charge in [-0.25, -0.2) is 8.78 Å². The second kappa shape index (κ2) is 14.1.